The van der Waals surface area contributed by atoms with Crippen LogP contribution in [-0.2, 0) is 9.53 Å². The van der Waals surface area contributed by atoms with Gasteiger partial charge in [0.05, 0.1) is 11.1 Å². The van der Waals surface area contributed by atoms with Gasteiger partial charge in [0.15, 0.2) is 6.10 Å². The summed E-state index contributed by atoms with van der Waals surface area (Å²) < 4.78 is 4.96. The lowest BCUT2D eigenvalue weighted by Crippen LogP contribution is -2.29. The van der Waals surface area contributed by atoms with Gasteiger partial charge in [-0.3, -0.25) is 0 Å². The lowest BCUT2D eigenvalue weighted by Gasteiger charge is -2.17. The molecule has 0 aliphatic carbocycles. The number of rotatable bonds is 4. The maximum Gasteiger partial charge on any atom is 0.338 e. The summed E-state index contributed by atoms with van der Waals surface area (Å²) in [6.45, 7) is 1.73. The average Bonchev–Trinajstić information content (AvgIpc) is 2.31. The van der Waals surface area contributed by atoms with Gasteiger partial charge < -0.3 is 20.1 Å². The number of aliphatic hydroxyl groups excluding tert-OH is 2. The summed E-state index contributed by atoms with van der Waals surface area (Å²) in [5, 5.41) is 28.6. The minimum atomic E-state index is -1.65. The third-order valence-electron chi connectivity index (χ3n) is 2.14. The zero-order chi connectivity index (χ0) is 13.0. The Kier molecular flexibility index (Phi) is 4.92. The normalized spacial score (nSPS) is 14.1. The van der Waals surface area contributed by atoms with Crippen molar-refractivity contribution in [2.45, 2.75) is 19.1 Å². The van der Waals surface area contributed by atoms with Crippen molar-refractivity contribution in [3.05, 3.63) is 28.2 Å². The Labute approximate surface area is 107 Å². The van der Waals surface area contributed by atoms with Crippen molar-refractivity contribution in [2.24, 2.45) is 0 Å². The van der Waals surface area contributed by atoms with Crippen LogP contribution in [0.2, 0.25) is 0 Å². The van der Waals surface area contributed by atoms with Crippen molar-refractivity contribution in [3.63, 3.8) is 0 Å². The van der Waals surface area contributed by atoms with E-state index in [9.17, 15) is 20.1 Å². The molecule has 17 heavy (non-hydrogen) atoms. The Morgan fingerprint density at radius 3 is 2.65 bits per heavy atom. The standard InChI is InChI=1S/C11H13BrO5/c1-2-17-11(16)10(15)9(14)6-3-4-8(13)7(12)5-6/h3-5,9-10,13-15H,2H2,1H3. The molecule has 0 radical (unpaired) electrons. The number of esters is 1. The lowest BCUT2D eigenvalue weighted by molar-refractivity contribution is -0.159. The van der Waals surface area contributed by atoms with Gasteiger partial charge in [0, 0.05) is 0 Å². The topological polar surface area (TPSA) is 87.0 Å². The molecule has 3 N–H and O–H groups in total. The number of ether oxygens (including phenoxy) is 1. The summed E-state index contributed by atoms with van der Waals surface area (Å²) in [6, 6.07) is 4.18. The van der Waals surface area contributed by atoms with E-state index in [-0.39, 0.29) is 12.4 Å². The smallest absolute Gasteiger partial charge is 0.338 e. The Bertz CT molecular complexity index is 407. The number of halogens is 1. The largest absolute Gasteiger partial charge is 0.507 e. The van der Waals surface area contributed by atoms with E-state index in [1.54, 1.807) is 6.92 Å². The van der Waals surface area contributed by atoms with Gasteiger partial charge >= 0.3 is 5.97 Å². The van der Waals surface area contributed by atoms with Crippen LogP contribution in [-0.4, -0.2) is 34.0 Å². The molecule has 0 bridgehead atoms. The fourth-order valence-electron chi connectivity index (χ4n) is 1.25. The van der Waals surface area contributed by atoms with E-state index < -0.39 is 18.2 Å². The number of phenolic OH excluding ortho intramolecular Hbond substituents is 1. The molecule has 0 aromatic heterocycles. The summed E-state index contributed by atoms with van der Waals surface area (Å²) in [5.74, 6) is -0.879. The second-order valence-corrected chi connectivity index (χ2v) is 4.21. The van der Waals surface area contributed by atoms with Crippen LogP contribution in [0.4, 0.5) is 0 Å². The van der Waals surface area contributed by atoms with E-state index in [1.807, 2.05) is 0 Å². The zero-order valence-electron chi connectivity index (χ0n) is 9.13. The number of hydrogen-bond acceptors (Lipinski definition) is 5. The van der Waals surface area contributed by atoms with Gasteiger partial charge in [0.1, 0.15) is 11.9 Å². The van der Waals surface area contributed by atoms with Crippen LogP contribution in [0.15, 0.2) is 22.7 Å². The van der Waals surface area contributed by atoms with E-state index in [0.29, 0.717) is 10.0 Å². The third-order valence-corrected chi connectivity index (χ3v) is 2.78. The third kappa shape index (κ3) is 3.42. The predicted octanol–water partition coefficient (Wildman–Crippen LogP) is 1.11. The van der Waals surface area contributed by atoms with Crippen molar-refractivity contribution in [3.8, 4) is 5.75 Å². The van der Waals surface area contributed by atoms with Crippen molar-refractivity contribution in [1.82, 2.24) is 0 Å². The highest BCUT2D eigenvalue weighted by Crippen LogP contribution is 2.28. The van der Waals surface area contributed by atoms with E-state index in [1.165, 1.54) is 18.2 Å². The molecule has 1 aromatic carbocycles. The molecule has 0 saturated carbocycles. The Morgan fingerprint density at radius 2 is 2.12 bits per heavy atom. The zero-order valence-corrected chi connectivity index (χ0v) is 10.7. The van der Waals surface area contributed by atoms with Gasteiger partial charge in [-0.15, -0.1) is 0 Å². The maximum absolute atomic E-state index is 11.2. The molecular weight excluding hydrogens is 292 g/mol. The quantitative estimate of drug-likeness (QED) is 0.726. The van der Waals surface area contributed by atoms with E-state index >= 15 is 0 Å². The van der Waals surface area contributed by atoms with Gasteiger partial charge in [-0.25, -0.2) is 4.79 Å². The van der Waals surface area contributed by atoms with Crippen LogP contribution in [0.1, 0.15) is 18.6 Å². The lowest BCUT2D eigenvalue weighted by atomic mass is 10.0. The minimum Gasteiger partial charge on any atom is -0.507 e. The highest BCUT2D eigenvalue weighted by atomic mass is 79.9. The monoisotopic (exact) mass is 304 g/mol. The number of phenols is 1. The highest BCUT2D eigenvalue weighted by Gasteiger charge is 2.27. The molecule has 1 rings (SSSR count). The molecule has 0 aliphatic rings. The molecule has 1 aromatic rings. The van der Waals surface area contributed by atoms with Gasteiger partial charge in [0.25, 0.3) is 0 Å². The Hall–Kier alpha value is -1.11. The van der Waals surface area contributed by atoms with Crippen molar-refractivity contribution >= 4 is 21.9 Å². The molecule has 0 fully saturated rings. The van der Waals surface area contributed by atoms with E-state index in [0.717, 1.165) is 0 Å². The SMILES string of the molecule is CCOC(=O)C(O)C(O)c1ccc(O)c(Br)c1. The number of aliphatic hydroxyl groups is 2. The second-order valence-electron chi connectivity index (χ2n) is 3.35. The molecule has 6 heteroatoms. The molecule has 0 saturated heterocycles. The molecule has 0 amide bonds. The summed E-state index contributed by atoms with van der Waals surface area (Å²) in [4.78, 5) is 11.2. The molecule has 2 atom stereocenters. The number of carbonyl (C=O) groups excluding carboxylic acids is 1. The second kappa shape index (κ2) is 6.00. The van der Waals surface area contributed by atoms with Crippen LogP contribution in [0, 0.1) is 0 Å². The molecule has 0 heterocycles. The van der Waals surface area contributed by atoms with Crippen LogP contribution in [0.25, 0.3) is 0 Å². The maximum atomic E-state index is 11.2. The van der Waals surface area contributed by atoms with E-state index in [4.69, 9.17) is 0 Å². The minimum absolute atomic E-state index is 0.00609. The van der Waals surface area contributed by atoms with Gasteiger partial charge in [-0.1, -0.05) is 6.07 Å². The fourth-order valence-corrected chi connectivity index (χ4v) is 1.64. The first kappa shape index (κ1) is 14.0. The summed E-state index contributed by atoms with van der Waals surface area (Å²) in [5.41, 5.74) is 0.301. The van der Waals surface area contributed by atoms with E-state index in [2.05, 4.69) is 20.7 Å². The molecule has 5 nitrogen and oxygen atoms in total. The van der Waals surface area contributed by atoms with Crippen molar-refractivity contribution in [1.29, 1.82) is 0 Å². The predicted molar refractivity (Wildman–Crippen MR) is 63.4 cm³/mol. The molecule has 94 valence electrons. The van der Waals surface area contributed by atoms with Crippen LogP contribution >= 0.6 is 15.9 Å². The molecular formula is C11H13BrO5. The fraction of sp³-hybridized carbons (Fsp3) is 0.364. The number of hydrogen-bond donors (Lipinski definition) is 3. The van der Waals surface area contributed by atoms with Gasteiger partial charge in [-0.05, 0) is 40.5 Å². The molecule has 0 aliphatic heterocycles. The Balaban J connectivity index is 2.84. The summed E-state index contributed by atoms with van der Waals surface area (Å²) >= 11 is 3.07. The first-order valence-corrected chi connectivity index (χ1v) is 5.77. The van der Waals surface area contributed by atoms with Crippen LogP contribution in [0.5, 0.6) is 5.75 Å². The van der Waals surface area contributed by atoms with Crippen LogP contribution < -0.4 is 0 Å². The number of benzene rings is 1. The number of carbonyl (C=O) groups is 1. The molecule has 2 unspecified atom stereocenters. The molecule has 0 spiro atoms. The van der Waals surface area contributed by atoms with Gasteiger partial charge in [-0.2, -0.15) is 0 Å². The first-order chi connectivity index (χ1) is 7.97. The first-order valence-electron chi connectivity index (χ1n) is 4.98. The van der Waals surface area contributed by atoms with Gasteiger partial charge in [0.2, 0.25) is 0 Å². The van der Waals surface area contributed by atoms with Crippen molar-refractivity contribution in [2.75, 3.05) is 6.61 Å². The Morgan fingerprint density at radius 1 is 1.47 bits per heavy atom. The average molecular weight is 305 g/mol. The van der Waals surface area contributed by atoms with Crippen molar-refractivity contribution < 1.29 is 24.9 Å². The highest BCUT2D eigenvalue weighted by molar-refractivity contribution is 9.10. The number of aromatic hydroxyl groups is 1. The summed E-state index contributed by atoms with van der Waals surface area (Å²) in [7, 11) is 0. The summed E-state index contributed by atoms with van der Waals surface area (Å²) in [6.07, 6.45) is -3.04. The van der Waals surface area contributed by atoms with Crippen LogP contribution in [0.3, 0.4) is 0 Å².